The third-order valence-electron chi connectivity index (χ3n) is 2.87. The van der Waals surface area contributed by atoms with Crippen molar-refractivity contribution in [2.24, 2.45) is 0 Å². The van der Waals surface area contributed by atoms with Gasteiger partial charge in [-0.2, -0.15) is 0 Å². The van der Waals surface area contributed by atoms with Crippen LogP contribution in [0.25, 0.3) is 0 Å². The average Bonchev–Trinajstić information content (AvgIpc) is 2.32. The zero-order chi connectivity index (χ0) is 11.4. The van der Waals surface area contributed by atoms with Gasteiger partial charge < -0.3 is 5.32 Å². The van der Waals surface area contributed by atoms with Crippen molar-refractivity contribution < 1.29 is 0 Å². The quantitative estimate of drug-likeness (QED) is 0.817. The molecule has 0 atom stereocenters. The fourth-order valence-electron chi connectivity index (χ4n) is 1.87. The SMILES string of the molecule is CNc1cccc(Cc2ccccc2C)c1. The fourth-order valence-corrected chi connectivity index (χ4v) is 1.87. The van der Waals surface area contributed by atoms with Gasteiger partial charge in [0.2, 0.25) is 0 Å². The third kappa shape index (κ3) is 2.43. The van der Waals surface area contributed by atoms with Gasteiger partial charge in [0.05, 0.1) is 0 Å². The molecule has 2 aromatic rings. The second-order valence-electron chi connectivity index (χ2n) is 4.05. The Bertz CT molecular complexity index is 474. The number of aryl methyl sites for hydroxylation is 1. The molecule has 0 bridgehead atoms. The van der Waals surface area contributed by atoms with Crippen molar-refractivity contribution in [1.29, 1.82) is 0 Å². The van der Waals surface area contributed by atoms with E-state index in [1.54, 1.807) is 0 Å². The summed E-state index contributed by atoms with van der Waals surface area (Å²) in [6.45, 7) is 2.16. The Kier molecular flexibility index (Phi) is 3.25. The summed E-state index contributed by atoms with van der Waals surface area (Å²) in [4.78, 5) is 0. The lowest BCUT2D eigenvalue weighted by Crippen LogP contribution is -1.93. The molecule has 0 radical (unpaired) electrons. The van der Waals surface area contributed by atoms with Gasteiger partial charge in [0.25, 0.3) is 0 Å². The summed E-state index contributed by atoms with van der Waals surface area (Å²) in [5, 5.41) is 3.17. The molecule has 0 saturated carbocycles. The van der Waals surface area contributed by atoms with Crippen LogP contribution in [0.2, 0.25) is 0 Å². The van der Waals surface area contributed by atoms with E-state index in [9.17, 15) is 0 Å². The Hall–Kier alpha value is -1.76. The molecule has 0 aromatic heterocycles. The Morgan fingerprint density at radius 2 is 1.81 bits per heavy atom. The van der Waals surface area contributed by atoms with Crippen molar-refractivity contribution in [3.63, 3.8) is 0 Å². The molecule has 0 spiro atoms. The highest BCUT2D eigenvalue weighted by atomic mass is 14.8. The van der Waals surface area contributed by atoms with Crippen molar-refractivity contribution in [2.75, 3.05) is 12.4 Å². The topological polar surface area (TPSA) is 12.0 Å². The molecule has 0 amide bonds. The number of anilines is 1. The zero-order valence-electron chi connectivity index (χ0n) is 9.83. The maximum atomic E-state index is 3.17. The van der Waals surface area contributed by atoms with E-state index in [4.69, 9.17) is 0 Å². The summed E-state index contributed by atoms with van der Waals surface area (Å²) < 4.78 is 0. The molecule has 82 valence electrons. The summed E-state index contributed by atoms with van der Waals surface area (Å²) in [5.74, 6) is 0. The number of nitrogens with one attached hydrogen (secondary N) is 1. The van der Waals surface area contributed by atoms with Crippen LogP contribution in [-0.4, -0.2) is 7.05 Å². The first kappa shape index (κ1) is 10.7. The fraction of sp³-hybridized carbons (Fsp3) is 0.200. The van der Waals surface area contributed by atoms with Gasteiger partial charge in [0.1, 0.15) is 0 Å². The largest absolute Gasteiger partial charge is 0.388 e. The van der Waals surface area contributed by atoms with Crippen molar-refractivity contribution in [3.05, 3.63) is 65.2 Å². The van der Waals surface area contributed by atoms with Crippen LogP contribution in [0.3, 0.4) is 0 Å². The molecule has 16 heavy (non-hydrogen) atoms. The molecule has 1 N–H and O–H groups in total. The Morgan fingerprint density at radius 1 is 1.00 bits per heavy atom. The number of hydrogen-bond acceptors (Lipinski definition) is 1. The first-order valence-electron chi connectivity index (χ1n) is 5.61. The summed E-state index contributed by atoms with van der Waals surface area (Å²) in [5.41, 5.74) is 5.28. The number of hydrogen-bond donors (Lipinski definition) is 1. The Balaban J connectivity index is 2.24. The van der Waals surface area contributed by atoms with E-state index in [-0.39, 0.29) is 0 Å². The van der Waals surface area contributed by atoms with Crippen LogP contribution >= 0.6 is 0 Å². The summed E-state index contributed by atoms with van der Waals surface area (Å²) in [7, 11) is 1.95. The normalized spacial score (nSPS) is 10.1. The van der Waals surface area contributed by atoms with Crippen LogP contribution in [0.5, 0.6) is 0 Å². The van der Waals surface area contributed by atoms with Gasteiger partial charge in [-0.15, -0.1) is 0 Å². The van der Waals surface area contributed by atoms with Crippen LogP contribution in [0.4, 0.5) is 5.69 Å². The van der Waals surface area contributed by atoms with E-state index in [0.717, 1.165) is 6.42 Å². The Labute approximate surface area is 97.1 Å². The van der Waals surface area contributed by atoms with E-state index >= 15 is 0 Å². The number of benzene rings is 2. The highest BCUT2D eigenvalue weighted by molar-refractivity contribution is 5.46. The molecule has 0 fully saturated rings. The van der Waals surface area contributed by atoms with E-state index in [0.29, 0.717) is 0 Å². The molecule has 2 rings (SSSR count). The second kappa shape index (κ2) is 4.84. The third-order valence-corrected chi connectivity index (χ3v) is 2.87. The smallest absolute Gasteiger partial charge is 0.0340 e. The van der Waals surface area contributed by atoms with Crippen LogP contribution in [0.1, 0.15) is 16.7 Å². The molecule has 0 saturated heterocycles. The van der Waals surface area contributed by atoms with E-state index in [1.807, 2.05) is 7.05 Å². The van der Waals surface area contributed by atoms with Gasteiger partial charge in [-0.3, -0.25) is 0 Å². The molecule has 0 aliphatic carbocycles. The van der Waals surface area contributed by atoms with Crippen molar-refractivity contribution in [1.82, 2.24) is 0 Å². The standard InChI is InChI=1S/C15H17N/c1-12-6-3-4-8-14(12)10-13-7-5-9-15(11-13)16-2/h3-9,11,16H,10H2,1-2H3. The molecule has 2 aromatic carbocycles. The summed E-state index contributed by atoms with van der Waals surface area (Å²) in [6.07, 6.45) is 1.00. The van der Waals surface area contributed by atoms with Gasteiger partial charge in [-0.05, 0) is 42.2 Å². The minimum Gasteiger partial charge on any atom is -0.388 e. The van der Waals surface area contributed by atoms with Crippen LogP contribution in [0, 0.1) is 6.92 Å². The van der Waals surface area contributed by atoms with E-state index < -0.39 is 0 Å². The lowest BCUT2D eigenvalue weighted by atomic mass is 10.0. The maximum Gasteiger partial charge on any atom is 0.0340 e. The molecule has 1 heteroatoms. The highest BCUT2D eigenvalue weighted by Gasteiger charge is 1.99. The first-order chi connectivity index (χ1) is 7.79. The average molecular weight is 211 g/mol. The predicted molar refractivity (Wildman–Crippen MR) is 70.0 cm³/mol. The second-order valence-corrected chi connectivity index (χ2v) is 4.05. The van der Waals surface area contributed by atoms with Crippen molar-refractivity contribution in [2.45, 2.75) is 13.3 Å². The van der Waals surface area contributed by atoms with Gasteiger partial charge in [-0.25, -0.2) is 0 Å². The van der Waals surface area contributed by atoms with Gasteiger partial charge in [0, 0.05) is 12.7 Å². The predicted octanol–water partition coefficient (Wildman–Crippen LogP) is 3.63. The summed E-state index contributed by atoms with van der Waals surface area (Å²) in [6, 6.07) is 17.1. The highest BCUT2D eigenvalue weighted by Crippen LogP contribution is 2.16. The maximum absolute atomic E-state index is 3.17. The monoisotopic (exact) mass is 211 g/mol. The lowest BCUT2D eigenvalue weighted by molar-refractivity contribution is 1.16. The van der Waals surface area contributed by atoms with Crippen LogP contribution in [0.15, 0.2) is 48.5 Å². The molecule has 0 aliphatic rings. The number of rotatable bonds is 3. The van der Waals surface area contributed by atoms with Gasteiger partial charge in [-0.1, -0.05) is 36.4 Å². The zero-order valence-corrected chi connectivity index (χ0v) is 9.83. The molecular formula is C15H17N. The van der Waals surface area contributed by atoms with E-state index in [1.165, 1.54) is 22.4 Å². The van der Waals surface area contributed by atoms with Gasteiger partial charge >= 0.3 is 0 Å². The first-order valence-corrected chi connectivity index (χ1v) is 5.61. The molecule has 1 nitrogen and oxygen atoms in total. The summed E-state index contributed by atoms with van der Waals surface area (Å²) >= 11 is 0. The lowest BCUT2D eigenvalue weighted by Gasteiger charge is -2.07. The van der Waals surface area contributed by atoms with Crippen LogP contribution in [-0.2, 0) is 6.42 Å². The minimum absolute atomic E-state index is 1.00. The van der Waals surface area contributed by atoms with E-state index in [2.05, 4.69) is 60.8 Å². The van der Waals surface area contributed by atoms with Crippen LogP contribution < -0.4 is 5.32 Å². The van der Waals surface area contributed by atoms with Gasteiger partial charge in [0.15, 0.2) is 0 Å². The molecule has 0 unspecified atom stereocenters. The molecule has 0 aliphatic heterocycles. The van der Waals surface area contributed by atoms with Crippen molar-refractivity contribution in [3.8, 4) is 0 Å². The Morgan fingerprint density at radius 3 is 2.56 bits per heavy atom. The molecule has 0 heterocycles. The minimum atomic E-state index is 1.00. The molecular weight excluding hydrogens is 194 g/mol. The van der Waals surface area contributed by atoms with Crippen molar-refractivity contribution >= 4 is 5.69 Å².